The number of carboxylic acids is 1. The number of carbonyl (C=O) groups excluding carboxylic acids is 1. The normalized spacial score (nSPS) is 10.3. The number of hydrogen-bond acceptors (Lipinski definition) is 5. The number of Topliss-reactive ketones (excluding diaryl/α,β-unsaturated/α-hetero) is 1. The minimum absolute atomic E-state index is 0.00716. The lowest BCUT2D eigenvalue weighted by Crippen LogP contribution is -1.99. The molecule has 0 spiro atoms. The molecule has 0 radical (unpaired) electrons. The Kier molecular flexibility index (Phi) is 3.84. The molecule has 0 aliphatic heterocycles. The fourth-order valence-electron chi connectivity index (χ4n) is 1.69. The summed E-state index contributed by atoms with van der Waals surface area (Å²) in [4.78, 5) is 25.9. The van der Waals surface area contributed by atoms with Gasteiger partial charge in [-0.25, -0.2) is 0 Å². The summed E-state index contributed by atoms with van der Waals surface area (Å²) in [6, 6.07) is 7.08. The number of oxazole rings is 1. The molecule has 2 aromatic rings. The van der Waals surface area contributed by atoms with E-state index in [2.05, 4.69) is 10.3 Å². The molecule has 1 aromatic heterocycles. The Morgan fingerprint density at radius 3 is 2.50 bits per heavy atom. The Balaban J connectivity index is 2.13. The van der Waals surface area contributed by atoms with Crippen molar-refractivity contribution in [3.8, 4) is 0 Å². The average Bonchev–Trinajstić information content (AvgIpc) is 2.69. The molecule has 0 saturated carbocycles. The Morgan fingerprint density at radius 2 is 1.95 bits per heavy atom. The van der Waals surface area contributed by atoms with E-state index in [1.165, 1.54) is 6.92 Å². The number of aliphatic carboxylic acids is 1. The highest BCUT2D eigenvalue weighted by atomic mass is 16.4. The predicted molar refractivity (Wildman–Crippen MR) is 72.3 cm³/mol. The minimum atomic E-state index is -0.971. The van der Waals surface area contributed by atoms with Gasteiger partial charge in [-0.15, -0.1) is 0 Å². The highest BCUT2D eigenvalue weighted by Gasteiger charge is 2.13. The van der Waals surface area contributed by atoms with Crippen molar-refractivity contribution in [1.82, 2.24) is 4.98 Å². The van der Waals surface area contributed by atoms with Gasteiger partial charge in [0.25, 0.3) is 6.01 Å². The van der Waals surface area contributed by atoms with E-state index >= 15 is 0 Å². The molecule has 0 unspecified atom stereocenters. The van der Waals surface area contributed by atoms with Gasteiger partial charge in [0.2, 0.25) is 0 Å². The number of aromatic nitrogens is 1. The van der Waals surface area contributed by atoms with Crippen molar-refractivity contribution in [2.45, 2.75) is 20.3 Å². The molecule has 0 amide bonds. The summed E-state index contributed by atoms with van der Waals surface area (Å²) < 4.78 is 5.34. The van der Waals surface area contributed by atoms with Gasteiger partial charge in [-0.3, -0.25) is 9.59 Å². The second kappa shape index (κ2) is 5.56. The lowest BCUT2D eigenvalue weighted by Gasteiger charge is -2.02. The number of carboxylic acid groups (broad SMARTS) is 1. The summed E-state index contributed by atoms with van der Waals surface area (Å²) in [7, 11) is 0. The number of nitrogens with zero attached hydrogens (tertiary/aromatic N) is 1. The number of nitrogens with one attached hydrogen (secondary N) is 1. The molecule has 0 fully saturated rings. The molecule has 0 aliphatic carbocycles. The predicted octanol–water partition coefficient (Wildman–Crippen LogP) is 2.56. The van der Waals surface area contributed by atoms with Crippen molar-refractivity contribution in [3.05, 3.63) is 41.3 Å². The van der Waals surface area contributed by atoms with E-state index in [0.717, 1.165) is 0 Å². The van der Waals surface area contributed by atoms with Crippen LogP contribution in [0, 0.1) is 6.92 Å². The zero-order valence-electron chi connectivity index (χ0n) is 11.1. The zero-order valence-corrected chi connectivity index (χ0v) is 11.1. The first kappa shape index (κ1) is 13.8. The number of anilines is 2. The number of aryl methyl sites for hydroxylation is 1. The highest BCUT2D eigenvalue weighted by Crippen LogP contribution is 2.20. The number of rotatable bonds is 5. The third kappa shape index (κ3) is 3.23. The van der Waals surface area contributed by atoms with Crippen LogP contribution >= 0.6 is 0 Å². The second-order valence-electron chi connectivity index (χ2n) is 4.36. The molecule has 0 bridgehead atoms. The Labute approximate surface area is 115 Å². The van der Waals surface area contributed by atoms with Gasteiger partial charge in [-0.05, 0) is 38.1 Å². The standard InChI is InChI=1S/C14H14N2O4/c1-8-12(7-13(18)19)20-14(15-8)16-11-5-3-10(4-6-11)9(2)17/h3-6H,7H2,1-2H3,(H,15,16)(H,18,19). The molecule has 6 nitrogen and oxygen atoms in total. The van der Waals surface area contributed by atoms with E-state index in [9.17, 15) is 9.59 Å². The molecule has 104 valence electrons. The van der Waals surface area contributed by atoms with E-state index in [1.807, 2.05) is 0 Å². The number of benzene rings is 1. The molecule has 2 rings (SSSR count). The Morgan fingerprint density at radius 1 is 1.30 bits per heavy atom. The van der Waals surface area contributed by atoms with Crippen LogP contribution in [0.5, 0.6) is 0 Å². The maximum absolute atomic E-state index is 11.2. The third-order valence-electron chi connectivity index (χ3n) is 2.75. The highest BCUT2D eigenvalue weighted by molar-refractivity contribution is 5.94. The van der Waals surface area contributed by atoms with Crippen LogP contribution in [0.1, 0.15) is 28.7 Å². The van der Waals surface area contributed by atoms with Gasteiger partial charge >= 0.3 is 5.97 Å². The molecular weight excluding hydrogens is 260 g/mol. The number of ketones is 1. The van der Waals surface area contributed by atoms with Crippen molar-refractivity contribution in [2.24, 2.45) is 0 Å². The van der Waals surface area contributed by atoms with Gasteiger partial charge in [0.1, 0.15) is 12.2 Å². The summed E-state index contributed by atoms with van der Waals surface area (Å²) >= 11 is 0. The van der Waals surface area contributed by atoms with Crippen molar-refractivity contribution < 1.29 is 19.1 Å². The summed E-state index contributed by atoms with van der Waals surface area (Å²) in [6.45, 7) is 3.18. The summed E-state index contributed by atoms with van der Waals surface area (Å²) in [5.41, 5.74) is 1.86. The molecule has 0 atom stereocenters. The first-order chi connectivity index (χ1) is 9.45. The van der Waals surface area contributed by atoms with Crippen LogP contribution in [0.25, 0.3) is 0 Å². The summed E-state index contributed by atoms with van der Waals surface area (Å²) in [5.74, 6) is -0.658. The molecule has 1 heterocycles. The number of carbonyl (C=O) groups is 2. The summed E-state index contributed by atoms with van der Waals surface area (Å²) in [5, 5.41) is 11.7. The van der Waals surface area contributed by atoms with Gasteiger partial charge in [0.05, 0.1) is 5.69 Å². The smallest absolute Gasteiger partial charge is 0.311 e. The van der Waals surface area contributed by atoms with Gasteiger partial charge in [-0.1, -0.05) is 0 Å². The van der Waals surface area contributed by atoms with Crippen LogP contribution in [0.3, 0.4) is 0 Å². The van der Waals surface area contributed by atoms with Gasteiger partial charge in [-0.2, -0.15) is 4.98 Å². The average molecular weight is 274 g/mol. The molecule has 0 aliphatic rings. The quantitative estimate of drug-likeness (QED) is 0.814. The van der Waals surface area contributed by atoms with Gasteiger partial charge in [0, 0.05) is 11.3 Å². The molecule has 6 heteroatoms. The topological polar surface area (TPSA) is 92.4 Å². The lowest BCUT2D eigenvalue weighted by atomic mass is 10.1. The van der Waals surface area contributed by atoms with E-state index in [4.69, 9.17) is 9.52 Å². The van der Waals surface area contributed by atoms with Crippen LogP contribution < -0.4 is 5.32 Å². The monoisotopic (exact) mass is 274 g/mol. The van der Waals surface area contributed by atoms with Crippen LogP contribution in [-0.2, 0) is 11.2 Å². The first-order valence-corrected chi connectivity index (χ1v) is 6.02. The maximum Gasteiger partial charge on any atom is 0.311 e. The van der Waals surface area contributed by atoms with Crippen molar-refractivity contribution in [2.75, 3.05) is 5.32 Å². The van der Waals surface area contributed by atoms with E-state index in [0.29, 0.717) is 22.7 Å². The molecule has 1 aromatic carbocycles. The lowest BCUT2D eigenvalue weighted by molar-refractivity contribution is -0.136. The van der Waals surface area contributed by atoms with Crippen LogP contribution in [0.2, 0.25) is 0 Å². The van der Waals surface area contributed by atoms with E-state index in [-0.39, 0.29) is 18.2 Å². The Hall–Kier alpha value is -2.63. The number of hydrogen-bond donors (Lipinski definition) is 2. The van der Waals surface area contributed by atoms with Crippen molar-refractivity contribution in [1.29, 1.82) is 0 Å². The fourth-order valence-corrected chi connectivity index (χ4v) is 1.69. The van der Waals surface area contributed by atoms with Gasteiger partial charge < -0.3 is 14.8 Å². The largest absolute Gasteiger partial charge is 0.481 e. The van der Waals surface area contributed by atoms with Gasteiger partial charge in [0.15, 0.2) is 5.78 Å². The minimum Gasteiger partial charge on any atom is -0.481 e. The van der Waals surface area contributed by atoms with E-state index in [1.54, 1.807) is 31.2 Å². The molecule has 0 saturated heterocycles. The zero-order chi connectivity index (χ0) is 14.7. The molecule has 2 N–H and O–H groups in total. The van der Waals surface area contributed by atoms with Crippen LogP contribution in [-0.4, -0.2) is 21.8 Å². The summed E-state index contributed by atoms with van der Waals surface area (Å²) in [6.07, 6.45) is -0.205. The fraction of sp³-hybridized carbons (Fsp3) is 0.214. The Bertz CT molecular complexity index is 644. The van der Waals surface area contributed by atoms with Crippen molar-refractivity contribution in [3.63, 3.8) is 0 Å². The van der Waals surface area contributed by atoms with Crippen LogP contribution in [0.4, 0.5) is 11.7 Å². The van der Waals surface area contributed by atoms with Crippen molar-refractivity contribution >= 4 is 23.5 Å². The van der Waals surface area contributed by atoms with Crippen LogP contribution in [0.15, 0.2) is 28.7 Å². The molecule has 20 heavy (non-hydrogen) atoms. The van der Waals surface area contributed by atoms with E-state index < -0.39 is 5.97 Å². The first-order valence-electron chi connectivity index (χ1n) is 6.02. The SMILES string of the molecule is CC(=O)c1ccc(Nc2nc(C)c(CC(=O)O)o2)cc1. The third-order valence-corrected chi connectivity index (χ3v) is 2.75. The maximum atomic E-state index is 11.2. The second-order valence-corrected chi connectivity index (χ2v) is 4.36. The molecular formula is C14H14N2O4.